The Morgan fingerprint density at radius 1 is 0.889 bits per heavy atom. The smallest absolute Gasteiger partial charge is 0.259 e. The number of ether oxygens (including phenoxy) is 2. The molecule has 0 aromatic heterocycles. The number of carbonyl (C=O) groups excluding carboxylic acids is 2. The molecule has 0 bridgehead atoms. The van der Waals surface area contributed by atoms with Crippen LogP contribution in [0.15, 0.2) is 66.7 Å². The predicted molar refractivity (Wildman–Crippen MR) is 136 cm³/mol. The van der Waals surface area contributed by atoms with Gasteiger partial charge in [-0.15, -0.1) is 0 Å². The van der Waals surface area contributed by atoms with Gasteiger partial charge in [-0.25, -0.2) is 4.39 Å². The lowest BCUT2D eigenvalue weighted by Crippen LogP contribution is -2.45. The number of anilines is 1. The molecule has 1 heterocycles. The van der Waals surface area contributed by atoms with E-state index in [1.54, 1.807) is 42.5 Å². The summed E-state index contributed by atoms with van der Waals surface area (Å²) in [5.74, 6) is 0.0726. The van der Waals surface area contributed by atoms with Crippen LogP contribution < -0.4 is 25.0 Å². The lowest BCUT2D eigenvalue weighted by atomic mass is 10.0. The average Bonchev–Trinajstić information content (AvgIpc) is 2.92. The number of nitrogens with zero attached hydrogens (tertiary/aromatic N) is 1. The Morgan fingerprint density at radius 2 is 1.53 bits per heavy atom. The fourth-order valence-corrected chi connectivity index (χ4v) is 4.45. The number of carbonyl (C=O) groups is 2. The SMILES string of the molecule is COc1cccc(OC)c1C(=O)NC1CCN(c2ccccc2C(=O)NCc2ccccc2F)CC1. The number of halogens is 1. The van der Waals surface area contributed by atoms with E-state index in [0.717, 1.165) is 5.69 Å². The summed E-state index contributed by atoms with van der Waals surface area (Å²) in [5, 5.41) is 5.92. The van der Waals surface area contributed by atoms with Crippen molar-refractivity contribution in [2.24, 2.45) is 0 Å². The number of hydrogen-bond acceptors (Lipinski definition) is 5. The molecule has 1 fully saturated rings. The number of rotatable bonds is 8. The lowest BCUT2D eigenvalue weighted by molar-refractivity contribution is 0.0923. The van der Waals surface area contributed by atoms with E-state index in [2.05, 4.69) is 15.5 Å². The Balaban J connectivity index is 1.39. The standard InChI is InChI=1S/C28H30FN3O4/c1-35-24-12-7-13-25(36-2)26(24)28(34)31-20-14-16-32(17-15-20)23-11-6-4-9-21(23)27(33)30-18-19-8-3-5-10-22(19)29/h3-13,20H,14-18H2,1-2H3,(H,30,33)(H,31,34). The monoisotopic (exact) mass is 491 g/mol. The van der Waals surface area contributed by atoms with Gasteiger partial charge in [0.05, 0.1) is 19.8 Å². The first-order valence-electron chi connectivity index (χ1n) is 11.9. The molecule has 188 valence electrons. The topological polar surface area (TPSA) is 79.9 Å². The molecule has 8 heteroatoms. The summed E-state index contributed by atoms with van der Waals surface area (Å²) < 4.78 is 24.6. The maximum atomic E-state index is 13.9. The molecule has 3 aromatic carbocycles. The first kappa shape index (κ1) is 25.0. The molecular formula is C28H30FN3O4. The van der Waals surface area contributed by atoms with Gasteiger partial charge in [0.2, 0.25) is 0 Å². The minimum Gasteiger partial charge on any atom is -0.496 e. The molecule has 0 radical (unpaired) electrons. The van der Waals surface area contributed by atoms with Crippen LogP contribution in [-0.2, 0) is 6.54 Å². The van der Waals surface area contributed by atoms with Gasteiger partial charge in [0.1, 0.15) is 22.9 Å². The van der Waals surface area contributed by atoms with E-state index in [0.29, 0.717) is 54.1 Å². The molecule has 1 saturated heterocycles. The van der Waals surface area contributed by atoms with Gasteiger partial charge in [0.15, 0.2) is 0 Å². The summed E-state index contributed by atoms with van der Waals surface area (Å²) in [6.45, 7) is 1.46. The molecular weight excluding hydrogens is 461 g/mol. The number of piperidine rings is 1. The highest BCUT2D eigenvalue weighted by molar-refractivity contribution is 6.00. The number of methoxy groups -OCH3 is 2. The minimum atomic E-state index is -0.346. The Bertz CT molecular complexity index is 1200. The highest BCUT2D eigenvalue weighted by Gasteiger charge is 2.26. The van der Waals surface area contributed by atoms with Crippen LogP contribution in [0.4, 0.5) is 10.1 Å². The zero-order valence-electron chi connectivity index (χ0n) is 20.4. The molecule has 0 spiro atoms. The highest BCUT2D eigenvalue weighted by atomic mass is 19.1. The van der Waals surface area contributed by atoms with E-state index in [-0.39, 0.29) is 30.2 Å². The molecule has 4 rings (SSSR count). The van der Waals surface area contributed by atoms with Crippen molar-refractivity contribution >= 4 is 17.5 Å². The Labute approximate surface area is 210 Å². The fraction of sp³-hybridized carbons (Fsp3) is 0.286. The third-order valence-corrected chi connectivity index (χ3v) is 6.37. The zero-order chi connectivity index (χ0) is 25.5. The Hall–Kier alpha value is -4.07. The van der Waals surface area contributed by atoms with Crippen molar-refractivity contribution in [3.63, 3.8) is 0 Å². The van der Waals surface area contributed by atoms with Gasteiger partial charge in [0.25, 0.3) is 11.8 Å². The van der Waals surface area contributed by atoms with Crippen molar-refractivity contribution in [2.45, 2.75) is 25.4 Å². The van der Waals surface area contributed by atoms with Gasteiger partial charge in [0, 0.05) is 36.9 Å². The summed E-state index contributed by atoms with van der Waals surface area (Å²) in [4.78, 5) is 28.1. The molecule has 7 nitrogen and oxygen atoms in total. The summed E-state index contributed by atoms with van der Waals surface area (Å²) in [6, 6.07) is 19.0. The summed E-state index contributed by atoms with van der Waals surface area (Å²) in [5.41, 5.74) is 2.17. The molecule has 36 heavy (non-hydrogen) atoms. The van der Waals surface area contributed by atoms with Crippen molar-refractivity contribution in [3.05, 3.63) is 89.2 Å². The van der Waals surface area contributed by atoms with Crippen LogP contribution in [0.3, 0.4) is 0 Å². The van der Waals surface area contributed by atoms with E-state index in [9.17, 15) is 14.0 Å². The van der Waals surface area contributed by atoms with E-state index < -0.39 is 0 Å². The molecule has 2 amide bonds. The van der Waals surface area contributed by atoms with Gasteiger partial charge in [-0.1, -0.05) is 36.4 Å². The molecule has 0 aliphatic carbocycles. The molecule has 3 aromatic rings. The quantitative estimate of drug-likeness (QED) is 0.495. The summed E-state index contributed by atoms with van der Waals surface area (Å²) >= 11 is 0. The van der Waals surface area contributed by atoms with Crippen LogP contribution in [0.25, 0.3) is 0 Å². The maximum absolute atomic E-state index is 13.9. The van der Waals surface area contributed by atoms with Crippen molar-refractivity contribution in [2.75, 3.05) is 32.2 Å². The van der Waals surface area contributed by atoms with Crippen LogP contribution >= 0.6 is 0 Å². The third kappa shape index (κ3) is 5.59. The van der Waals surface area contributed by atoms with Gasteiger partial charge in [-0.3, -0.25) is 9.59 Å². The first-order valence-corrected chi connectivity index (χ1v) is 11.9. The molecule has 1 aliphatic heterocycles. The van der Waals surface area contributed by atoms with Crippen molar-refractivity contribution in [1.29, 1.82) is 0 Å². The van der Waals surface area contributed by atoms with Crippen molar-refractivity contribution < 1.29 is 23.5 Å². The molecule has 0 atom stereocenters. The van der Waals surface area contributed by atoms with Crippen molar-refractivity contribution in [3.8, 4) is 11.5 Å². The number of amides is 2. The Kier molecular flexibility index (Phi) is 8.05. The van der Waals surface area contributed by atoms with Crippen LogP contribution in [0.1, 0.15) is 39.1 Å². The van der Waals surface area contributed by atoms with E-state index in [1.807, 2.05) is 18.2 Å². The second-order valence-corrected chi connectivity index (χ2v) is 8.56. The van der Waals surface area contributed by atoms with Crippen LogP contribution in [-0.4, -0.2) is 45.2 Å². The van der Waals surface area contributed by atoms with Gasteiger partial charge < -0.3 is 25.0 Å². The number of nitrogens with one attached hydrogen (secondary N) is 2. The maximum Gasteiger partial charge on any atom is 0.259 e. The van der Waals surface area contributed by atoms with Crippen LogP contribution in [0.2, 0.25) is 0 Å². The predicted octanol–water partition coefficient (Wildman–Crippen LogP) is 4.17. The molecule has 0 unspecified atom stereocenters. The molecule has 0 saturated carbocycles. The summed E-state index contributed by atoms with van der Waals surface area (Å²) in [6.07, 6.45) is 1.43. The second-order valence-electron chi connectivity index (χ2n) is 8.56. The van der Waals surface area contributed by atoms with E-state index >= 15 is 0 Å². The second kappa shape index (κ2) is 11.6. The third-order valence-electron chi connectivity index (χ3n) is 6.37. The molecule has 1 aliphatic rings. The first-order chi connectivity index (χ1) is 17.5. The summed E-state index contributed by atoms with van der Waals surface area (Å²) in [7, 11) is 3.04. The fourth-order valence-electron chi connectivity index (χ4n) is 4.45. The zero-order valence-corrected chi connectivity index (χ0v) is 20.4. The molecule has 2 N–H and O–H groups in total. The van der Waals surface area contributed by atoms with Gasteiger partial charge in [-0.2, -0.15) is 0 Å². The van der Waals surface area contributed by atoms with Crippen LogP contribution in [0.5, 0.6) is 11.5 Å². The van der Waals surface area contributed by atoms with Crippen molar-refractivity contribution in [1.82, 2.24) is 10.6 Å². The minimum absolute atomic E-state index is 0.0228. The number of hydrogen-bond donors (Lipinski definition) is 2. The van der Waals surface area contributed by atoms with E-state index in [4.69, 9.17) is 9.47 Å². The van der Waals surface area contributed by atoms with Gasteiger partial charge in [-0.05, 0) is 43.2 Å². The van der Waals surface area contributed by atoms with Gasteiger partial charge >= 0.3 is 0 Å². The number of para-hydroxylation sites is 1. The highest BCUT2D eigenvalue weighted by Crippen LogP contribution is 2.29. The largest absolute Gasteiger partial charge is 0.496 e. The van der Waals surface area contributed by atoms with Crippen LogP contribution in [0, 0.1) is 5.82 Å². The number of benzene rings is 3. The van der Waals surface area contributed by atoms with E-state index in [1.165, 1.54) is 20.3 Å². The normalized spacial score (nSPS) is 13.7. The Morgan fingerprint density at radius 3 is 2.19 bits per heavy atom. The average molecular weight is 492 g/mol. The lowest BCUT2D eigenvalue weighted by Gasteiger charge is -2.35.